The molecule has 0 aliphatic heterocycles. The van der Waals surface area contributed by atoms with Crippen LogP contribution in [0.2, 0.25) is 0 Å². The molecule has 0 spiro atoms. The molecule has 1 aliphatic carbocycles. The number of rotatable bonds is 6. The van der Waals surface area contributed by atoms with Crippen LogP contribution in [0.15, 0.2) is 36.8 Å². The van der Waals surface area contributed by atoms with Crippen molar-refractivity contribution in [2.24, 2.45) is 0 Å². The SMILES string of the molecule is COc1cccc(C(=O)c2c[nH]c3ncnc(N[C@H]4CC[C@@H](NC(=O)O)CC4)c23)c1. The molecule has 3 aromatic rings. The molecule has 0 bridgehead atoms. The third-order valence-electron chi connectivity index (χ3n) is 5.44. The van der Waals surface area contributed by atoms with E-state index in [1.165, 1.54) is 6.33 Å². The number of methoxy groups -OCH3 is 1. The Morgan fingerprint density at radius 3 is 2.67 bits per heavy atom. The predicted molar refractivity (Wildman–Crippen MR) is 111 cm³/mol. The first kappa shape index (κ1) is 19.7. The van der Waals surface area contributed by atoms with E-state index < -0.39 is 6.09 Å². The first-order valence-electron chi connectivity index (χ1n) is 9.82. The van der Waals surface area contributed by atoms with Gasteiger partial charge in [0.15, 0.2) is 5.78 Å². The number of carbonyl (C=O) groups is 2. The summed E-state index contributed by atoms with van der Waals surface area (Å²) < 4.78 is 5.23. The van der Waals surface area contributed by atoms with Crippen molar-refractivity contribution in [2.45, 2.75) is 37.8 Å². The molecule has 0 unspecified atom stereocenters. The molecular weight excluding hydrogens is 386 g/mol. The Balaban J connectivity index is 1.57. The molecule has 0 saturated heterocycles. The van der Waals surface area contributed by atoms with Crippen molar-refractivity contribution in [2.75, 3.05) is 12.4 Å². The van der Waals surface area contributed by atoms with Crippen molar-refractivity contribution in [3.63, 3.8) is 0 Å². The van der Waals surface area contributed by atoms with Crippen LogP contribution in [0.1, 0.15) is 41.6 Å². The Hall–Kier alpha value is -3.62. The summed E-state index contributed by atoms with van der Waals surface area (Å²) in [5.74, 6) is 1.07. The van der Waals surface area contributed by atoms with Crippen LogP contribution in [-0.2, 0) is 0 Å². The third-order valence-corrected chi connectivity index (χ3v) is 5.44. The molecule has 4 rings (SSSR count). The lowest BCUT2D eigenvalue weighted by molar-refractivity contribution is 0.104. The second kappa shape index (κ2) is 8.40. The van der Waals surface area contributed by atoms with Crippen LogP contribution in [0, 0.1) is 0 Å². The molecule has 1 fully saturated rings. The van der Waals surface area contributed by atoms with Gasteiger partial charge in [0.25, 0.3) is 0 Å². The van der Waals surface area contributed by atoms with Gasteiger partial charge >= 0.3 is 6.09 Å². The number of carbonyl (C=O) groups excluding carboxylic acids is 1. The van der Waals surface area contributed by atoms with E-state index in [1.807, 2.05) is 0 Å². The molecule has 4 N–H and O–H groups in total. The minimum Gasteiger partial charge on any atom is -0.497 e. The average Bonchev–Trinajstić information content (AvgIpc) is 3.19. The molecule has 1 aliphatic rings. The number of hydrogen-bond donors (Lipinski definition) is 4. The summed E-state index contributed by atoms with van der Waals surface area (Å²) in [7, 11) is 1.56. The van der Waals surface area contributed by atoms with Crippen molar-refractivity contribution in [1.29, 1.82) is 0 Å². The number of H-pyrrole nitrogens is 1. The number of carboxylic acid groups (broad SMARTS) is 1. The zero-order chi connectivity index (χ0) is 21.1. The zero-order valence-corrected chi connectivity index (χ0v) is 16.5. The first-order chi connectivity index (χ1) is 14.5. The van der Waals surface area contributed by atoms with Crippen LogP contribution in [0.4, 0.5) is 10.6 Å². The molecule has 9 nitrogen and oxygen atoms in total. The fourth-order valence-corrected chi connectivity index (χ4v) is 3.92. The van der Waals surface area contributed by atoms with Crippen LogP contribution in [0.3, 0.4) is 0 Å². The number of fused-ring (bicyclic) bond motifs is 1. The summed E-state index contributed by atoms with van der Waals surface area (Å²) in [5.41, 5.74) is 1.59. The van der Waals surface area contributed by atoms with Gasteiger partial charge in [0.05, 0.1) is 18.1 Å². The van der Waals surface area contributed by atoms with E-state index in [2.05, 4.69) is 25.6 Å². The number of aromatic amines is 1. The van der Waals surface area contributed by atoms with E-state index in [4.69, 9.17) is 9.84 Å². The number of aromatic nitrogens is 3. The highest BCUT2D eigenvalue weighted by molar-refractivity contribution is 6.18. The summed E-state index contributed by atoms with van der Waals surface area (Å²) in [6.45, 7) is 0. The van der Waals surface area contributed by atoms with Crippen molar-refractivity contribution in [1.82, 2.24) is 20.3 Å². The number of amides is 1. The lowest BCUT2D eigenvalue weighted by atomic mass is 9.91. The van der Waals surface area contributed by atoms with Gasteiger partial charge in [-0.2, -0.15) is 0 Å². The van der Waals surface area contributed by atoms with Crippen LogP contribution >= 0.6 is 0 Å². The minimum absolute atomic E-state index is 0.0246. The molecule has 1 saturated carbocycles. The maximum atomic E-state index is 13.2. The molecule has 0 radical (unpaired) electrons. The maximum Gasteiger partial charge on any atom is 0.404 e. The topological polar surface area (TPSA) is 129 Å². The van der Waals surface area contributed by atoms with Crippen molar-refractivity contribution >= 4 is 28.7 Å². The van der Waals surface area contributed by atoms with Gasteiger partial charge in [-0.3, -0.25) is 4.79 Å². The van der Waals surface area contributed by atoms with Crippen LogP contribution < -0.4 is 15.4 Å². The Kier molecular flexibility index (Phi) is 5.51. The summed E-state index contributed by atoms with van der Waals surface area (Å²) in [5, 5.41) is 15.5. The minimum atomic E-state index is -0.989. The maximum absolute atomic E-state index is 13.2. The van der Waals surface area contributed by atoms with E-state index in [1.54, 1.807) is 37.6 Å². The second-order valence-electron chi connectivity index (χ2n) is 7.35. The number of ketones is 1. The van der Waals surface area contributed by atoms with Gasteiger partial charge in [-0.1, -0.05) is 12.1 Å². The molecular formula is C21H23N5O4. The normalized spacial score (nSPS) is 18.7. The van der Waals surface area contributed by atoms with E-state index in [0.29, 0.717) is 33.7 Å². The van der Waals surface area contributed by atoms with Crippen LogP contribution in [-0.4, -0.2) is 51.1 Å². The standard InChI is InChI=1S/C21H23N5O4/c1-30-15-4-2-3-12(9-15)18(27)16-10-22-19-17(16)20(24-11-23-19)25-13-5-7-14(8-6-13)26-21(28)29/h2-4,9-11,13-14,26H,5-8H2,1H3,(H,28,29)(H2,22,23,24,25)/t13-,14+. The summed E-state index contributed by atoms with van der Waals surface area (Å²) in [6, 6.07) is 7.14. The molecule has 2 heterocycles. The average molecular weight is 409 g/mol. The number of anilines is 1. The summed E-state index contributed by atoms with van der Waals surface area (Å²) in [6.07, 6.45) is 5.23. The smallest absolute Gasteiger partial charge is 0.404 e. The fraction of sp³-hybridized carbons (Fsp3) is 0.333. The monoisotopic (exact) mass is 409 g/mol. The Bertz CT molecular complexity index is 1070. The number of nitrogens with zero attached hydrogens (tertiary/aromatic N) is 2. The van der Waals surface area contributed by atoms with Crippen molar-refractivity contribution in [3.8, 4) is 5.75 Å². The van der Waals surface area contributed by atoms with Crippen molar-refractivity contribution in [3.05, 3.63) is 47.9 Å². The lowest BCUT2D eigenvalue weighted by Gasteiger charge is -2.29. The summed E-state index contributed by atoms with van der Waals surface area (Å²) in [4.78, 5) is 35.7. The number of hydrogen-bond acceptors (Lipinski definition) is 6. The number of benzene rings is 1. The van der Waals surface area contributed by atoms with E-state index in [9.17, 15) is 9.59 Å². The highest BCUT2D eigenvalue weighted by Gasteiger charge is 2.25. The van der Waals surface area contributed by atoms with Gasteiger partial charge in [0, 0.05) is 23.8 Å². The van der Waals surface area contributed by atoms with Gasteiger partial charge in [-0.05, 0) is 37.8 Å². The van der Waals surface area contributed by atoms with E-state index >= 15 is 0 Å². The largest absolute Gasteiger partial charge is 0.497 e. The van der Waals surface area contributed by atoms with E-state index in [0.717, 1.165) is 25.7 Å². The zero-order valence-electron chi connectivity index (χ0n) is 16.5. The Morgan fingerprint density at radius 2 is 1.93 bits per heavy atom. The molecule has 30 heavy (non-hydrogen) atoms. The van der Waals surface area contributed by atoms with Gasteiger partial charge in [0.2, 0.25) is 0 Å². The van der Waals surface area contributed by atoms with Gasteiger partial charge < -0.3 is 25.5 Å². The van der Waals surface area contributed by atoms with Gasteiger partial charge in [-0.15, -0.1) is 0 Å². The molecule has 2 aromatic heterocycles. The lowest BCUT2D eigenvalue weighted by Crippen LogP contribution is -2.39. The molecule has 9 heteroatoms. The number of nitrogens with one attached hydrogen (secondary N) is 3. The predicted octanol–water partition coefficient (Wildman–Crippen LogP) is 3.19. The third kappa shape index (κ3) is 4.05. The number of ether oxygens (including phenoxy) is 1. The quantitative estimate of drug-likeness (QED) is 0.460. The molecule has 1 amide bonds. The molecule has 0 atom stereocenters. The summed E-state index contributed by atoms with van der Waals surface area (Å²) >= 11 is 0. The van der Waals surface area contributed by atoms with Crippen molar-refractivity contribution < 1.29 is 19.4 Å². The van der Waals surface area contributed by atoms with Gasteiger partial charge in [0.1, 0.15) is 23.5 Å². The Morgan fingerprint density at radius 1 is 1.17 bits per heavy atom. The van der Waals surface area contributed by atoms with Gasteiger partial charge in [-0.25, -0.2) is 14.8 Å². The highest BCUT2D eigenvalue weighted by atomic mass is 16.5. The van der Waals surface area contributed by atoms with Crippen LogP contribution in [0.25, 0.3) is 11.0 Å². The molecule has 1 aromatic carbocycles. The first-order valence-corrected chi connectivity index (χ1v) is 9.82. The van der Waals surface area contributed by atoms with Crippen LogP contribution in [0.5, 0.6) is 5.75 Å². The highest BCUT2D eigenvalue weighted by Crippen LogP contribution is 2.29. The fourth-order valence-electron chi connectivity index (χ4n) is 3.92. The van der Waals surface area contributed by atoms with E-state index in [-0.39, 0.29) is 17.9 Å². The second-order valence-corrected chi connectivity index (χ2v) is 7.35. The molecule has 156 valence electrons. The Labute approximate surface area is 172 Å².